The third-order valence-corrected chi connectivity index (χ3v) is 20.2. The molecule has 1 N–H and O–H groups in total. The van der Waals surface area contributed by atoms with Crippen molar-refractivity contribution in [2.24, 2.45) is 5.34 Å². The zero-order valence-corrected chi connectivity index (χ0v) is 10.3. The normalized spacial score (nSPS) is 11.5. The summed E-state index contributed by atoms with van der Waals surface area (Å²) in [5.74, 6) is 0. The van der Waals surface area contributed by atoms with E-state index < -0.39 is 15.2 Å². The van der Waals surface area contributed by atoms with E-state index in [1.165, 1.54) is 5.34 Å². The first-order valence-electron chi connectivity index (χ1n) is 3.63. The molecule has 0 fully saturated rings. The van der Waals surface area contributed by atoms with Crippen molar-refractivity contribution in [1.82, 2.24) is 0 Å². The molecule has 11 heavy (non-hydrogen) atoms. The molecule has 0 aromatic carbocycles. The van der Waals surface area contributed by atoms with Gasteiger partial charge >= 0.3 is 0 Å². The Kier molecular flexibility index (Phi) is 5.69. The second-order valence-electron chi connectivity index (χ2n) is 4.58. The van der Waals surface area contributed by atoms with Gasteiger partial charge in [0.15, 0.2) is 5.34 Å². The highest BCUT2D eigenvalue weighted by atomic mass is 29.3. The molecule has 0 aliphatic rings. The minimum Gasteiger partial charge on any atom is -0.379 e. The van der Waals surface area contributed by atoms with Crippen LogP contribution >= 0.6 is 0 Å². The molecule has 0 spiro atoms. The van der Waals surface area contributed by atoms with Crippen LogP contribution in [-0.4, -0.2) is 20.4 Å². The van der Waals surface area contributed by atoms with Crippen LogP contribution in [0.2, 0.25) is 39.3 Å². The summed E-state index contributed by atoms with van der Waals surface area (Å²) in [6.45, 7) is 14.8. The van der Waals surface area contributed by atoms with Crippen LogP contribution in [0.1, 0.15) is 0 Å². The van der Waals surface area contributed by atoms with Gasteiger partial charge in [0, 0.05) is 15.2 Å². The Morgan fingerprint density at radius 2 is 1.00 bits per heavy atom. The fourth-order valence-electron chi connectivity index (χ4n) is 0. The van der Waals surface area contributed by atoms with Gasteiger partial charge in [0.25, 0.3) is 0 Å². The quantitative estimate of drug-likeness (QED) is 0.395. The van der Waals surface area contributed by atoms with E-state index in [1.54, 1.807) is 0 Å². The van der Waals surface area contributed by atoms with Gasteiger partial charge in [-0.05, 0) is 0 Å². The number of hydrogen-bond donors (Lipinski definition) is 1. The van der Waals surface area contributed by atoms with Crippen LogP contribution in [0.25, 0.3) is 0 Å². The van der Waals surface area contributed by atoms with Gasteiger partial charge < -0.3 is 5.21 Å². The summed E-state index contributed by atoms with van der Waals surface area (Å²) in [6.07, 6.45) is 0. The van der Waals surface area contributed by atoms with E-state index in [-0.39, 0.29) is 0 Å². The highest BCUT2D eigenvalue weighted by Gasteiger charge is 2.31. The fourth-order valence-corrected chi connectivity index (χ4v) is 0. The fraction of sp³-hybridized carbons (Fsp3) is 1.00. The molecule has 0 amide bonds. The molecule has 0 aromatic heterocycles. The van der Waals surface area contributed by atoms with Crippen LogP contribution in [0.15, 0.2) is 5.34 Å². The lowest BCUT2D eigenvalue weighted by Crippen LogP contribution is -2.49. The standard InChI is InChI=1S/C6H18Si2.HNO2/c1-7(2,3)8(4,5)6;2-1-3/h1-6H3;(H,2,3). The summed E-state index contributed by atoms with van der Waals surface area (Å²) in [4.78, 5) is 8.11. The van der Waals surface area contributed by atoms with Crippen molar-refractivity contribution in [1.29, 1.82) is 0 Å². The molecular weight excluding hydrogens is 174 g/mol. The van der Waals surface area contributed by atoms with Gasteiger partial charge in [0.05, 0.1) is 0 Å². The van der Waals surface area contributed by atoms with E-state index in [4.69, 9.17) is 10.1 Å². The second kappa shape index (κ2) is 4.66. The Bertz CT molecular complexity index is 103. The maximum Gasteiger partial charge on any atom is 0.152 e. The van der Waals surface area contributed by atoms with E-state index in [0.29, 0.717) is 0 Å². The maximum absolute atomic E-state index is 8.11. The van der Waals surface area contributed by atoms with Gasteiger partial charge in [-0.3, -0.25) is 0 Å². The Labute approximate surface area is 70.6 Å². The molecule has 0 aromatic rings. The molecule has 0 radical (unpaired) electrons. The van der Waals surface area contributed by atoms with E-state index in [1.807, 2.05) is 0 Å². The van der Waals surface area contributed by atoms with Crippen LogP contribution in [0.5, 0.6) is 0 Å². The van der Waals surface area contributed by atoms with Gasteiger partial charge in [-0.2, -0.15) is 0 Å². The lowest BCUT2D eigenvalue weighted by Gasteiger charge is -2.30. The summed E-state index contributed by atoms with van der Waals surface area (Å²) in [6, 6.07) is 0. The van der Waals surface area contributed by atoms with Gasteiger partial charge in [-0.15, -0.1) is 4.91 Å². The van der Waals surface area contributed by atoms with E-state index in [0.717, 1.165) is 0 Å². The molecule has 68 valence electrons. The van der Waals surface area contributed by atoms with Crippen molar-refractivity contribution in [3.8, 4) is 0 Å². The molecular formula is C6H19NO2Si2. The number of hydrogen-bond acceptors (Lipinski definition) is 2. The molecule has 0 saturated carbocycles. The van der Waals surface area contributed by atoms with Crippen LogP contribution in [0, 0.1) is 4.91 Å². The van der Waals surface area contributed by atoms with Crippen molar-refractivity contribution in [2.45, 2.75) is 39.3 Å². The predicted octanol–water partition coefficient (Wildman–Crippen LogP) is 2.88. The van der Waals surface area contributed by atoms with Crippen molar-refractivity contribution >= 4 is 15.2 Å². The largest absolute Gasteiger partial charge is 0.379 e. The third kappa shape index (κ3) is 7.73. The summed E-state index contributed by atoms with van der Waals surface area (Å²) < 4.78 is 0. The van der Waals surface area contributed by atoms with E-state index >= 15 is 0 Å². The molecule has 5 heteroatoms. The zero-order chi connectivity index (χ0) is 9.71. The Morgan fingerprint density at radius 3 is 1.00 bits per heavy atom. The van der Waals surface area contributed by atoms with Crippen LogP contribution in [0.4, 0.5) is 0 Å². The number of rotatable bonds is 1. The second-order valence-corrected chi connectivity index (χ2v) is 22.6. The zero-order valence-electron chi connectivity index (χ0n) is 8.30. The van der Waals surface area contributed by atoms with E-state index in [2.05, 4.69) is 39.3 Å². The summed E-state index contributed by atoms with van der Waals surface area (Å²) in [5, 5.41) is 7.89. The Balaban J connectivity index is 0. The van der Waals surface area contributed by atoms with Crippen LogP contribution < -0.4 is 0 Å². The van der Waals surface area contributed by atoms with Crippen molar-refractivity contribution in [2.75, 3.05) is 0 Å². The first-order chi connectivity index (χ1) is 4.66. The summed E-state index contributed by atoms with van der Waals surface area (Å²) in [5.41, 5.74) is 0. The monoisotopic (exact) mass is 193 g/mol. The highest BCUT2D eigenvalue weighted by Crippen LogP contribution is 2.16. The Morgan fingerprint density at radius 1 is 0.909 bits per heavy atom. The SMILES string of the molecule is C[Si](C)(C)[Si](C)(C)C.O=NO. The van der Waals surface area contributed by atoms with Crippen LogP contribution in [-0.2, 0) is 0 Å². The molecule has 0 rings (SSSR count). The first kappa shape index (κ1) is 13.4. The van der Waals surface area contributed by atoms with Crippen molar-refractivity contribution < 1.29 is 5.21 Å². The molecule has 0 aliphatic carbocycles. The molecule has 0 unspecified atom stereocenters. The molecule has 3 nitrogen and oxygen atoms in total. The predicted molar refractivity (Wildman–Crippen MR) is 54.3 cm³/mol. The average Bonchev–Trinajstić information content (AvgIpc) is 1.60. The highest BCUT2D eigenvalue weighted by molar-refractivity contribution is 7.39. The smallest absolute Gasteiger partial charge is 0.152 e. The van der Waals surface area contributed by atoms with Gasteiger partial charge in [-0.1, -0.05) is 39.3 Å². The third-order valence-electron chi connectivity index (χ3n) is 2.25. The molecule has 0 atom stereocenters. The van der Waals surface area contributed by atoms with E-state index in [9.17, 15) is 0 Å². The molecule has 0 bridgehead atoms. The molecule has 0 saturated heterocycles. The minimum absolute atomic E-state index is 0.720. The first-order valence-corrected chi connectivity index (χ1v) is 11.6. The van der Waals surface area contributed by atoms with Crippen molar-refractivity contribution in [3.05, 3.63) is 4.91 Å². The lowest BCUT2D eigenvalue weighted by atomic mass is 11.8. The minimum atomic E-state index is -0.720. The number of nitrogens with zero attached hydrogens (tertiary/aromatic N) is 1. The van der Waals surface area contributed by atoms with Crippen molar-refractivity contribution in [3.63, 3.8) is 0 Å². The molecule has 0 aliphatic heterocycles. The molecule has 0 heterocycles. The van der Waals surface area contributed by atoms with Gasteiger partial charge in [-0.25, -0.2) is 0 Å². The lowest BCUT2D eigenvalue weighted by molar-refractivity contribution is 0.312. The van der Waals surface area contributed by atoms with Gasteiger partial charge in [0.2, 0.25) is 0 Å². The average molecular weight is 193 g/mol. The Hall–Kier alpha value is -0.166. The summed E-state index contributed by atoms with van der Waals surface area (Å²) >= 11 is 0. The van der Waals surface area contributed by atoms with Crippen LogP contribution in [0.3, 0.4) is 0 Å². The van der Waals surface area contributed by atoms with Gasteiger partial charge in [0.1, 0.15) is 0 Å². The maximum atomic E-state index is 8.11. The summed E-state index contributed by atoms with van der Waals surface area (Å²) in [7, 11) is -1.44. The topological polar surface area (TPSA) is 49.7 Å².